The molecule has 0 spiro atoms. The summed E-state index contributed by atoms with van der Waals surface area (Å²) in [4.78, 5) is 0. The maximum atomic E-state index is 5.58. The molecule has 1 aromatic carbocycles. The number of hydrogen-bond acceptors (Lipinski definition) is 2. The van der Waals surface area contributed by atoms with Gasteiger partial charge < -0.3 is 5.73 Å². The van der Waals surface area contributed by atoms with Gasteiger partial charge in [0, 0.05) is 17.1 Å². The third-order valence-corrected chi connectivity index (χ3v) is 2.93. The molecule has 0 saturated carbocycles. The molecule has 2 rings (SSSR count). The van der Waals surface area contributed by atoms with Crippen molar-refractivity contribution in [3.05, 3.63) is 29.5 Å². The van der Waals surface area contributed by atoms with Crippen LogP contribution in [0.15, 0.2) is 18.2 Å². The molecule has 2 N–H and O–H groups in total. The summed E-state index contributed by atoms with van der Waals surface area (Å²) in [5, 5.41) is 5.85. The van der Waals surface area contributed by atoms with E-state index in [2.05, 4.69) is 48.8 Å². The van der Waals surface area contributed by atoms with Crippen LogP contribution in [-0.2, 0) is 6.42 Å². The topological polar surface area (TPSA) is 43.8 Å². The van der Waals surface area contributed by atoms with Gasteiger partial charge in [0.25, 0.3) is 0 Å². The van der Waals surface area contributed by atoms with Crippen molar-refractivity contribution in [1.82, 2.24) is 9.78 Å². The van der Waals surface area contributed by atoms with E-state index in [-0.39, 0.29) is 0 Å². The number of aromatic nitrogens is 2. The highest BCUT2D eigenvalue weighted by atomic mass is 15.3. The van der Waals surface area contributed by atoms with Gasteiger partial charge >= 0.3 is 0 Å². The predicted octanol–water partition coefficient (Wildman–Crippen LogP) is 2.43. The molecule has 0 aliphatic heterocycles. The average molecular weight is 217 g/mol. The van der Waals surface area contributed by atoms with E-state index in [1.165, 1.54) is 16.6 Å². The van der Waals surface area contributed by atoms with Crippen molar-refractivity contribution in [2.24, 2.45) is 5.73 Å². The molecule has 1 heterocycles. The number of nitrogens with zero attached hydrogens (tertiary/aromatic N) is 2. The van der Waals surface area contributed by atoms with Gasteiger partial charge in [-0.3, -0.25) is 4.68 Å². The summed E-state index contributed by atoms with van der Waals surface area (Å²) in [5.41, 5.74) is 9.18. The fourth-order valence-electron chi connectivity index (χ4n) is 2.10. The van der Waals surface area contributed by atoms with Crippen LogP contribution >= 0.6 is 0 Å². The molecule has 1 aromatic heterocycles. The van der Waals surface area contributed by atoms with Gasteiger partial charge in [0.1, 0.15) is 0 Å². The van der Waals surface area contributed by atoms with Crippen LogP contribution in [0.1, 0.15) is 31.1 Å². The third kappa shape index (κ3) is 1.83. The Hall–Kier alpha value is -1.35. The summed E-state index contributed by atoms with van der Waals surface area (Å²) in [6.07, 6.45) is 0.933. The molecule has 16 heavy (non-hydrogen) atoms. The lowest BCUT2D eigenvalue weighted by molar-refractivity contribution is 0.524. The minimum absolute atomic E-state index is 0.408. The van der Waals surface area contributed by atoms with E-state index in [4.69, 9.17) is 5.73 Å². The van der Waals surface area contributed by atoms with Gasteiger partial charge in [-0.15, -0.1) is 0 Å². The van der Waals surface area contributed by atoms with Crippen molar-refractivity contribution < 1.29 is 0 Å². The molecule has 0 aliphatic rings. The zero-order valence-electron chi connectivity index (χ0n) is 10.2. The Labute approximate surface area is 96.2 Å². The smallest absolute Gasteiger partial charge is 0.0926 e. The summed E-state index contributed by atoms with van der Waals surface area (Å²) in [6.45, 7) is 7.13. The molecule has 0 unspecified atom stereocenters. The summed E-state index contributed by atoms with van der Waals surface area (Å²) < 4.78 is 2.08. The Morgan fingerprint density at radius 3 is 2.75 bits per heavy atom. The molecule has 0 radical (unpaired) electrons. The van der Waals surface area contributed by atoms with E-state index in [9.17, 15) is 0 Å². The lowest BCUT2D eigenvalue weighted by Crippen LogP contribution is -2.04. The zero-order chi connectivity index (χ0) is 11.7. The van der Waals surface area contributed by atoms with E-state index in [1.54, 1.807) is 0 Å². The van der Waals surface area contributed by atoms with Crippen LogP contribution in [0.2, 0.25) is 0 Å². The summed E-state index contributed by atoms with van der Waals surface area (Å²) in [6, 6.07) is 6.83. The fraction of sp³-hybridized carbons (Fsp3) is 0.462. The molecule has 0 atom stereocenters. The molecule has 3 nitrogen and oxygen atoms in total. The maximum Gasteiger partial charge on any atom is 0.0926 e. The first-order valence-corrected chi connectivity index (χ1v) is 5.81. The van der Waals surface area contributed by atoms with E-state index in [0.717, 1.165) is 11.9 Å². The lowest BCUT2D eigenvalue weighted by Gasteiger charge is -2.07. The largest absolute Gasteiger partial charge is 0.330 e. The van der Waals surface area contributed by atoms with E-state index in [0.29, 0.717) is 12.6 Å². The van der Waals surface area contributed by atoms with Gasteiger partial charge in [-0.05, 0) is 51.4 Å². The number of rotatable bonds is 3. The molecule has 0 bridgehead atoms. The minimum Gasteiger partial charge on any atom is -0.330 e. The van der Waals surface area contributed by atoms with Crippen molar-refractivity contribution in [3.8, 4) is 0 Å². The Kier molecular flexibility index (Phi) is 2.97. The first-order valence-electron chi connectivity index (χ1n) is 5.81. The first-order chi connectivity index (χ1) is 7.63. The number of aryl methyl sites for hydroxylation is 1. The summed E-state index contributed by atoms with van der Waals surface area (Å²) in [7, 11) is 0. The van der Waals surface area contributed by atoms with Crippen molar-refractivity contribution >= 4 is 10.9 Å². The molecule has 0 aliphatic carbocycles. The molecule has 3 heteroatoms. The normalized spacial score (nSPS) is 11.6. The Morgan fingerprint density at radius 1 is 1.38 bits per heavy atom. The second-order valence-electron chi connectivity index (χ2n) is 4.51. The zero-order valence-corrected chi connectivity index (χ0v) is 10.2. The van der Waals surface area contributed by atoms with Crippen molar-refractivity contribution in [1.29, 1.82) is 0 Å². The van der Waals surface area contributed by atoms with Crippen LogP contribution in [-0.4, -0.2) is 16.3 Å². The van der Waals surface area contributed by atoms with Crippen molar-refractivity contribution in [3.63, 3.8) is 0 Å². The van der Waals surface area contributed by atoms with Gasteiger partial charge in [-0.25, -0.2) is 0 Å². The SMILES string of the molecule is Cc1c2cc(CCN)ccc2nn1C(C)C. The van der Waals surface area contributed by atoms with Gasteiger partial charge in [0.05, 0.1) is 5.52 Å². The molecular weight excluding hydrogens is 198 g/mol. The highest BCUT2D eigenvalue weighted by Crippen LogP contribution is 2.22. The molecule has 0 saturated heterocycles. The first kappa shape index (κ1) is 11.1. The summed E-state index contributed by atoms with van der Waals surface area (Å²) in [5.74, 6) is 0. The van der Waals surface area contributed by atoms with Gasteiger partial charge in [0.2, 0.25) is 0 Å². The van der Waals surface area contributed by atoms with E-state index in [1.807, 2.05) is 0 Å². The Bertz CT molecular complexity index is 497. The molecule has 86 valence electrons. The quantitative estimate of drug-likeness (QED) is 0.858. The molecule has 2 aromatic rings. The second-order valence-corrected chi connectivity index (χ2v) is 4.51. The standard InChI is InChI=1S/C13H19N3/c1-9(2)16-10(3)12-8-11(6-7-14)4-5-13(12)15-16/h4-5,8-9H,6-7,14H2,1-3H3. The van der Waals surface area contributed by atoms with Crippen LogP contribution < -0.4 is 5.73 Å². The minimum atomic E-state index is 0.408. The highest BCUT2D eigenvalue weighted by Gasteiger charge is 2.09. The van der Waals surface area contributed by atoms with Gasteiger partial charge in [-0.2, -0.15) is 5.10 Å². The van der Waals surface area contributed by atoms with Crippen LogP contribution in [0, 0.1) is 6.92 Å². The summed E-state index contributed by atoms with van der Waals surface area (Å²) >= 11 is 0. The maximum absolute atomic E-state index is 5.58. The van der Waals surface area contributed by atoms with E-state index < -0.39 is 0 Å². The molecular formula is C13H19N3. The van der Waals surface area contributed by atoms with Crippen LogP contribution in [0.5, 0.6) is 0 Å². The van der Waals surface area contributed by atoms with Crippen molar-refractivity contribution in [2.75, 3.05) is 6.54 Å². The molecule has 0 amide bonds. The van der Waals surface area contributed by atoms with Crippen molar-refractivity contribution in [2.45, 2.75) is 33.2 Å². The second kappa shape index (κ2) is 4.26. The third-order valence-electron chi connectivity index (χ3n) is 2.93. The number of nitrogens with two attached hydrogens (primary N) is 1. The lowest BCUT2D eigenvalue weighted by atomic mass is 10.1. The highest BCUT2D eigenvalue weighted by molar-refractivity contribution is 5.82. The fourth-order valence-corrected chi connectivity index (χ4v) is 2.10. The van der Waals surface area contributed by atoms with Gasteiger partial charge in [-0.1, -0.05) is 6.07 Å². The molecule has 0 fully saturated rings. The van der Waals surface area contributed by atoms with E-state index >= 15 is 0 Å². The van der Waals surface area contributed by atoms with Crippen LogP contribution in [0.4, 0.5) is 0 Å². The Balaban J connectivity index is 2.55. The Morgan fingerprint density at radius 2 is 2.12 bits per heavy atom. The van der Waals surface area contributed by atoms with Gasteiger partial charge in [0.15, 0.2) is 0 Å². The van der Waals surface area contributed by atoms with Crippen LogP contribution in [0.25, 0.3) is 10.9 Å². The number of fused-ring (bicyclic) bond motifs is 1. The monoisotopic (exact) mass is 217 g/mol. The average Bonchev–Trinajstić information content (AvgIpc) is 2.57. The number of hydrogen-bond donors (Lipinski definition) is 1. The number of benzene rings is 1. The predicted molar refractivity (Wildman–Crippen MR) is 67.6 cm³/mol. The van der Waals surface area contributed by atoms with Crippen LogP contribution in [0.3, 0.4) is 0 Å².